The number of nitrogens with one attached hydrogen (secondary N) is 1. The predicted octanol–water partition coefficient (Wildman–Crippen LogP) is 0.442. The van der Waals surface area contributed by atoms with Gasteiger partial charge in [0.05, 0.1) is 5.75 Å². The molecule has 0 spiro atoms. The molecule has 0 aromatic rings. The number of halogens is 1. The second-order valence-corrected chi connectivity index (χ2v) is 6.45. The van der Waals surface area contributed by atoms with Crippen molar-refractivity contribution in [3.8, 4) is 0 Å². The van der Waals surface area contributed by atoms with Gasteiger partial charge in [0.25, 0.3) is 0 Å². The molecule has 2 fully saturated rings. The van der Waals surface area contributed by atoms with Crippen LogP contribution in [-0.4, -0.2) is 44.2 Å². The Morgan fingerprint density at radius 1 is 1.40 bits per heavy atom. The fraction of sp³-hybridized carbons (Fsp3) is 1.00. The van der Waals surface area contributed by atoms with E-state index in [0.717, 1.165) is 19.4 Å². The maximum Gasteiger partial charge on any atom is 0.214 e. The molecule has 2 rings (SSSR count). The van der Waals surface area contributed by atoms with Gasteiger partial charge in [0.15, 0.2) is 0 Å². The molecule has 4 nitrogen and oxygen atoms in total. The number of sulfonamides is 1. The second-order valence-electron chi connectivity index (χ2n) is 4.44. The van der Waals surface area contributed by atoms with Crippen LogP contribution in [0.5, 0.6) is 0 Å². The van der Waals surface area contributed by atoms with Crippen LogP contribution in [0.4, 0.5) is 0 Å². The van der Waals surface area contributed by atoms with Crippen molar-refractivity contribution in [2.75, 3.05) is 25.4 Å². The molecule has 6 heteroatoms. The average molecular weight is 255 g/mol. The van der Waals surface area contributed by atoms with Gasteiger partial charge in [-0.3, -0.25) is 0 Å². The first kappa shape index (κ1) is 13.2. The maximum absolute atomic E-state index is 11.9. The van der Waals surface area contributed by atoms with E-state index in [1.54, 1.807) is 4.31 Å². The van der Waals surface area contributed by atoms with Crippen LogP contribution in [0.1, 0.15) is 19.8 Å². The minimum atomic E-state index is -2.96. The van der Waals surface area contributed by atoms with Crippen molar-refractivity contribution in [1.82, 2.24) is 9.62 Å². The Labute approximate surface area is 97.9 Å². The summed E-state index contributed by atoms with van der Waals surface area (Å²) in [4.78, 5) is 0. The number of hydrogen-bond acceptors (Lipinski definition) is 3. The summed E-state index contributed by atoms with van der Waals surface area (Å²) < 4.78 is 25.4. The van der Waals surface area contributed by atoms with E-state index in [9.17, 15) is 8.42 Å². The number of rotatable bonds is 3. The molecule has 15 heavy (non-hydrogen) atoms. The molecule has 90 valence electrons. The largest absolute Gasteiger partial charge is 0.312 e. The lowest BCUT2D eigenvalue weighted by Gasteiger charge is -2.31. The van der Waals surface area contributed by atoms with Crippen LogP contribution in [0, 0.1) is 5.92 Å². The van der Waals surface area contributed by atoms with Gasteiger partial charge in [0.2, 0.25) is 10.0 Å². The Kier molecular flexibility index (Phi) is 4.40. The summed E-state index contributed by atoms with van der Waals surface area (Å²) in [6.45, 7) is 4.08. The van der Waals surface area contributed by atoms with Crippen LogP contribution in [0.25, 0.3) is 0 Å². The lowest BCUT2D eigenvalue weighted by molar-refractivity contribution is 0.309. The third-order valence-corrected chi connectivity index (χ3v) is 4.88. The molecule has 1 atom stereocenters. The van der Waals surface area contributed by atoms with E-state index in [-0.39, 0.29) is 18.4 Å². The van der Waals surface area contributed by atoms with Crippen LogP contribution in [-0.2, 0) is 10.0 Å². The molecular weight excluding hydrogens is 236 g/mol. The molecule has 1 aliphatic carbocycles. The normalized spacial score (nSPS) is 28.5. The van der Waals surface area contributed by atoms with Gasteiger partial charge in [-0.05, 0) is 25.7 Å². The number of hydrogen-bond donors (Lipinski definition) is 1. The van der Waals surface area contributed by atoms with Crippen LogP contribution < -0.4 is 5.32 Å². The lowest BCUT2D eigenvalue weighted by Crippen LogP contribution is -2.51. The average Bonchev–Trinajstić information content (AvgIpc) is 2.87. The molecule has 0 bridgehead atoms. The summed E-state index contributed by atoms with van der Waals surface area (Å²) in [6, 6.07) is 0.290. The lowest BCUT2D eigenvalue weighted by atomic mass is 10.3. The highest BCUT2D eigenvalue weighted by Gasteiger charge is 2.33. The summed E-state index contributed by atoms with van der Waals surface area (Å²) in [6.07, 6.45) is 2.20. The summed E-state index contributed by atoms with van der Waals surface area (Å²) in [5.41, 5.74) is 0. The molecule has 0 radical (unpaired) electrons. The predicted molar refractivity (Wildman–Crippen MR) is 62.8 cm³/mol. The second kappa shape index (κ2) is 4.99. The van der Waals surface area contributed by atoms with Gasteiger partial charge in [-0.15, -0.1) is 12.4 Å². The highest BCUT2D eigenvalue weighted by atomic mass is 35.5. The SMILES string of the molecule is C[C@H]1CN(S(=O)(=O)CC2CC2)CCN1.Cl. The Morgan fingerprint density at radius 2 is 2.07 bits per heavy atom. The first-order valence-corrected chi connectivity index (χ1v) is 6.90. The molecular formula is C9H19ClN2O2S. The van der Waals surface area contributed by atoms with Gasteiger partial charge in [0.1, 0.15) is 0 Å². The highest BCUT2D eigenvalue weighted by molar-refractivity contribution is 7.89. The monoisotopic (exact) mass is 254 g/mol. The van der Waals surface area contributed by atoms with E-state index in [4.69, 9.17) is 0 Å². The van der Waals surface area contributed by atoms with E-state index in [0.29, 0.717) is 24.8 Å². The van der Waals surface area contributed by atoms with Crippen LogP contribution in [0.15, 0.2) is 0 Å². The minimum absolute atomic E-state index is 0. The maximum atomic E-state index is 11.9. The Morgan fingerprint density at radius 3 is 2.60 bits per heavy atom. The van der Waals surface area contributed by atoms with Crippen LogP contribution >= 0.6 is 12.4 Å². The van der Waals surface area contributed by atoms with Gasteiger partial charge in [-0.1, -0.05) is 0 Å². The van der Waals surface area contributed by atoms with Crippen LogP contribution in [0.2, 0.25) is 0 Å². The van der Waals surface area contributed by atoms with E-state index in [1.807, 2.05) is 6.92 Å². The van der Waals surface area contributed by atoms with Gasteiger partial charge in [-0.25, -0.2) is 8.42 Å². The smallest absolute Gasteiger partial charge is 0.214 e. The van der Waals surface area contributed by atoms with E-state index in [2.05, 4.69) is 5.32 Å². The first-order valence-electron chi connectivity index (χ1n) is 5.29. The van der Waals surface area contributed by atoms with Gasteiger partial charge < -0.3 is 5.32 Å². The Bertz CT molecular complexity index is 303. The molecule has 1 aliphatic heterocycles. The highest BCUT2D eigenvalue weighted by Crippen LogP contribution is 2.31. The van der Waals surface area contributed by atoms with E-state index >= 15 is 0 Å². The topological polar surface area (TPSA) is 49.4 Å². The van der Waals surface area contributed by atoms with E-state index in [1.165, 1.54) is 0 Å². The zero-order valence-electron chi connectivity index (χ0n) is 8.98. The number of piperazine rings is 1. The zero-order valence-corrected chi connectivity index (χ0v) is 10.6. The zero-order chi connectivity index (χ0) is 10.2. The van der Waals surface area contributed by atoms with Crippen molar-refractivity contribution in [2.45, 2.75) is 25.8 Å². The van der Waals surface area contributed by atoms with Crippen molar-refractivity contribution in [2.24, 2.45) is 5.92 Å². The molecule has 1 saturated heterocycles. The van der Waals surface area contributed by atoms with Gasteiger partial charge >= 0.3 is 0 Å². The summed E-state index contributed by atoms with van der Waals surface area (Å²) in [5, 5.41) is 3.25. The van der Waals surface area contributed by atoms with Crippen molar-refractivity contribution in [1.29, 1.82) is 0 Å². The molecule has 1 saturated carbocycles. The molecule has 1 N–H and O–H groups in total. The summed E-state index contributed by atoms with van der Waals surface area (Å²) in [7, 11) is -2.96. The van der Waals surface area contributed by atoms with Crippen LogP contribution in [0.3, 0.4) is 0 Å². The summed E-state index contributed by atoms with van der Waals surface area (Å²) in [5.74, 6) is 0.824. The van der Waals surface area contributed by atoms with Gasteiger partial charge in [0, 0.05) is 25.7 Å². The van der Waals surface area contributed by atoms with Crippen molar-refractivity contribution >= 4 is 22.4 Å². The minimum Gasteiger partial charge on any atom is -0.312 e. The van der Waals surface area contributed by atoms with Crippen molar-refractivity contribution in [3.05, 3.63) is 0 Å². The molecule has 2 aliphatic rings. The molecule has 0 aromatic heterocycles. The molecule has 1 heterocycles. The third kappa shape index (κ3) is 3.59. The molecule has 0 unspecified atom stereocenters. The molecule has 0 aromatic carbocycles. The number of nitrogens with zero attached hydrogens (tertiary/aromatic N) is 1. The standard InChI is InChI=1S/C9H18N2O2S.ClH/c1-8-6-11(5-4-10-8)14(12,13)7-9-2-3-9;/h8-10H,2-7H2,1H3;1H/t8-;/m0./s1. The Hall–Kier alpha value is 0.160. The van der Waals surface area contributed by atoms with E-state index < -0.39 is 10.0 Å². The Balaban J connectivity index is 0.00000112. The fourth-order valence-electron chi connectivity index (χ4n) is 1.84. The first-order chi connectivity index (χ1) is 6.58. The molecule has 0 amide bonds. The summed E-state index contributed by atoms with van der Waals surface area (Å²) >= 11 is 0. The third-order valence-electron chi connectivity index (χ3n) is 2.87. The quantitative estimate of drug-likeness (QED) is 0.795. The van der Waals surface area contributed by atoms with Crippen molar-refractivity contribution in [3.63, 3.8) is 0 Å². The fourth-order valence-corrected chi connectivity index (χ4v) is 3.80. The van der Waals surface area contributed by atoms with Gasteiger partial charge in [-0.2, -0.15) is 4.31 Å². The van der Waals surface area contributed by atoms with Crippen molar-refractivity contribution < 1.29 is 8.42 Å².